The van der Waals surface area contributed by atoms with E-state index in [4.69, 9.17) is 15.6 Å². The number of nitrogens with two attached hydrogens (primary N) is 1. The van der Waals surface area contributed by atoms with Crippen LogP contribution in [0.5, 0.6) is 0 Å². The molecule has 0 heterocycles. The molecule has 0 aliphatic heterocycles. The van der Waals surface area contributed by atoms with Crippen LogP contribution in [0.4, 0.5) is 0 Å². The van der Waals surface area contributed by atoms with E-state index in [0.29, 0.717) is 6.42 Å². The summed E-state index contributed by atoms with van der Waals surface area (Å²) in [5, 5.41) is 11.5. The highest BCUT2D eigenvalue weighted by Crippen LogP contribution is 2.19. The Kier molecular flexibility index (Phi) is 5.98. The van der Waals surface area contributed by atoms with Crippen LogP contribution in [0.25, 0.3) is 0 Å². The van der Waals surface area contributed by atoms with Crippen molar-refractivity contribution in [1.29, 1.82) is 0 Å². The standard InChI is InChI=1S/C10H20N2O4/c1-4-10(2,9(14)15)6-12-8(13)7(5-11)16-3/h7H,4-6,11H2,1-3H3,(H,12,13)(H,14,15). The molecule has 16 heavy (non-hydrogen) atoms. The first-order chi connectivity index (χ1) is 7.41. The third-order valence-corrected chi connectivity index (χ3v) is 2.74. The molecule has 0 fully saturated rings. The Hall–Kier alpha value is -1.14. The number of carboxylic acids is 1. The first-order valence-corrected chi connectivity index (χ1v) is 5.15. The number of methoxy groups -OCH3 is 1. The van der Waals surface area contributed by atoms with Crippen molar-refractivity contribution >= 4 is 11.9 Å². The summed E-state index contributed by atoms with van der Waals surface area (Å²) in [6.45, 7) is 3.48. The molecule has 0 aromatic rings. The van der Waals surface area contributed by atoms with Gasteiger partial charge in [0.2, 0.25) is 5.91 Å². The van der Waals surface area contributed by atoms with Crippen LogP contribution >= 0.6 is 0 Å². The van der Waals surface area contributed by atoms with Crippen molar-refractivity contribution in [2.24, 2.45) is 11.1 Å². The summed E-state index contributed by atoms with van der Waals surface area (Å²) in [7, 11) is 1.38. The maximum absolute atomic E-state index is 11.5. The van der Waals surface area contributed by atoms with E-state index in [9.17, 15) is 9.59 Å². The molecule has 0 saturated carbocycles. The Labute approximate surface area is 95.1 Å². The highest BCUT2D eigenvalue weighted by Gasteiger charge is 2.32. The summed E-state index contributed by atoms with van der Waals surface area (Å²) in [6, 6.07) is 0. The molecule has 94 valence electrons. The summed E-state index contributed by atoms with van der Waals surface area (Å²) in [5.74, 6) is -1.32. The Morgan fingerprint density at radius 3 is 2.44 bits per heavy atom. The van der Waals surface area contributed by atoms with Gasteiger partial charge >= 0.3 is 5.97 Å². The van der Waals surface area contributed by atoms with Gasteiger partial charge in [0, 0.05) is 20.2 Å². The zero-order valence-corrected chi connectivity index (χ0v) is 9.95. The largest absolute Gasteiger partial charge is 0.481 e. The number of nitrogens with one attached hydrogen (secondary N) is 1. The summed E-state index contributed by atoms with van der Waals surface area (Å²) in [4.78, 5) is 22.4. The summed E-state index contributed by atoms with van der Waals surface area (Å²) < 4.78 is 4.84. The molecule has 0 aliphatic carbocycles. The third-order valence-electron chi connectivity index (χ3n) is 2.74. The Balaban J connectivity index is 4.32. The highest BCUT2D eigenvalue weighted by molar-refractivity contribution is 5.82. The second kappa shape index (κ2) is 6.44. The number of amides is 1. The minimum Gasteiger partial charge on any atom is -0.481 e. The lowest BCUT2D eigenvalue weighted by atomic mass is 9.87. The number of hydrogen-bond acceptors (Lipinski definition) is 4. The molecular weight excluding hydrogens is 212 g/mol. The normalized spacial score (nSPS) is 16.2. The predicted octanol–water partition coefficient (Wildman–Crippen LogP) is -0.423. The van der Waals surface area contributed by atoms with Crippen LogP contribution in [0.1, 0.15) is 20.3 Å². The molecule has 1 amide bonds. The monoisotopic (exact) mass is 232 g/mol. The van der Waals surface area contributed by atoms with Crippen molar-refractivity contribution in [3.05, 3.63) is 0 Å². The van der Waals surface area contributed by atoms with E-state index in [2.05, 4.69) is 5.32 Å². The Morgan fingerprint density at radius 1 is 1.56 bits per heavy atom. The first kappa shape index (κ1) is 14.9. The van der Waals surface area contributed by atoms with Gasteiger partial charge in [0.15, 0.2) is 0 Å². The van der Waals surface area contributed by atoms with Crippen molar-refractivity contribution in [3.8, 4) is 0 Å². The topological polar surface area (TPSA) is 102 Å². The predicted molar refractivity (Wildman–Crippen MR) is 58.9 cm³/mol. The van der Waals surface area contributed by atoms with Crippen LogP contribution < -0.4 is 11.1 Å². The van der Waals surface area contributed by atoms with E-state index in [1.54, 1.807) is 13.8 Å². The molecule has 2 unspecified atom stereocenters. The minimum atomic E-state index is -0.956. The lowest BCUT2D eigenvalue weighted by Crippen LogP contribution is -2.46. The zero-order chi connectivity index (χ0) is 12.8. The quantitative estimate of drug-likeness (QED) is 0.553. The second-order valence-corrected chi connectivity index (χ2v) is 3.90. The Morgan fingerprint density at radius 2 is 2.12 bits per heavy atom. The number of carbonyl (C=O) groups excluding carboxylic acids is 1. The van der Waals surface area contributed by atoms with Crippen molar-refractivity contribution < 1.29 is 19.4 Å². The maximum atomic E-state index is 11.5. The molecule has 6 nitrogen and oxygen atoms in total. The number of hydrogen-bond donors (Lipinski definition) is 3. The molecule has 6 heteroatoms. The molecule has 0 bridgehead atoms. The molecule has 0 spiro atoms. The van der Waals surface area contributed by atoms with Crippen LogP contribution in [-0.2, 0) is 14.3 Å². The SMILES string of the molecule is CCC(C)(CNC(=O)C(CN)OC)C(=O)O. The van der Waals surface area contributed by atoms with E-state index in [0.717, 1.165) is 0 Å². The summed E-state index contributed by atoms with van der Waals surface area (Å²) in [5.41, 5.74) is 4.36. The van der Waals surface area contributed by atoms with Gasteiger partial charge in [-0.3, -0.25) is 9.59 Å². The maximum Gasteiger partial charge on any atom is 0.311 e. The number of ether oxygens (including phenoxy) is 1. The van der Waals surface area contributed by atoms with Gasteiger partial charge in [0.1, 0.15) is 6.10 Å². The van der Waals surface area contributed by atoms with Crippen LogP contribution in [0.3, 0.4) is 0 Å². The van der Waals surface area contributed by atoms with Crippen LogP contribution in [0.2, 0.25) is 0 Å². The van der Waals surface area contributed by atoms with Crippen LogP contribution in [-0.4, -0.2) is 43.3 Å². The third kappa shape index (κ3) is 3.79. The van der Waals surface area contributed by atoms with E-state index < -0.39 is 17.5 Å². The fraction of sp³-hybridized carbons (Fsp3) is 0.800. The van der Waals surface area contributed by atoms with Gasteiger partial charge in [-0.2, -0.15) is 0 Å². The van der Waals surface area contributed by atoms with Gasteiger partial charge in [-0.25, -0.2) is 0 Å². The second-order valence-electron chi connectivity index (χ2n) is 3.90. The fourth-order valence-corrected chi connectivity index (χ4v) is 1.06. The number of carboxylic acid groups (broad SMARTS) is 1. The fourth-order valence-electron chi connectivity index (χ4n) is 1.06. The average molecular weight is 232 g/mol. The zero-order valence-electron chi connectivity index (χ0n) is 9.95. The smallest absolute Gasteiger partial charge is 0.311 e. The molecule has 4 N–H and O–H groups in total. The molecule has 0 aromatic heterocycles. The van der Waals surface area contributed by atoms with E-state index in [-0.39, 0.29) is 19.0 Å². The van der Waals surface area contributed by atoms with Crippen molar-refractivity contribution in [3.63, 3.8) is 0 Å². The Bertz CT molecular complexity index is 253. The molecule has 0 rings (SSSR count). The van der Waals surface area contributed by atoms with Gasteiger partial charge in [0.25, 0.3) is 0 Å². The molecule has 0 aromatic carbocycles. The van der Waals surface area contributed by atoms with Gasteiger partial charge in [-0.15, -0.1) is 0 Å². The van der Waals surface area contributed by atoms with Crippen LogP contribution in [0.15, 0.2) is 0 Å². The van der Waals surface area contributed by atoms with Gasteiger partial charge in [-0.1, -0.05) is 6.92 Å². The number of aliphatic carboxylic acids is 1. The van der Waals surface area contributed by atoms with E-state index >= 15 is 0 Å². The van der Waals surface area contributed by atoms with Gasteiger partial charge in [-0.05, 0) is 13.3 Å². The molecule has 0 radical (unpaired) electrons. The van der Waals surface area contributed by atoms with Crippen molar-refractivity contribution in [2.75, 3.05) is 20.2 Å². The summed E-state index contributed by atoms with van der Waals surface area (Å²) >= 11 is 0. The van der Waals surface area contributed by atoms with E-state index in [1.807, 2.05) is 0 Å². The lowest BCUT2D eigenvalue weighted by Gasteiger charge is -2.24. The van der Waals surface area contributed by atoms with Crippen molar-refractivity contribution in [1.82, 2.24) is 5.32 Å². The number of carbonyl (C=O) groups is 2. The highest BCUT2D eigenvalue weighted by atomic mass is 16.5. The average Bonchev–Trinajstić information content (AvgIpc) is 2.27. The van der Waals surface area contributed by atoms with Crippen molar-refractivity contribution in [2.45, 2.75) is 26.4 Å². The van der Waals surface area contributed by atoms with E-state index in [1.165, 1.54) is 7.11 Å². The minimum absolute atomic E-state index is 0.0670. The molecular formula is C10H20N2O4. The molecule has 0 saturated heterocycles. The van der Waals surface area contributed by atoms with Crippen LogP contribution in [0, 0.1) is 5.41 Å². The first-order valence-electron chi connectivity index (χ1n) is 5.15. The summed E-state index contributed by atoms with van der Waals surface area (Å²) in [6.07, 6.45) is -0.294. The molecule has 2 atom stereocenters. The molecule has 0 aliphatic rings. The number of rotatable bonds is 7. The van der Waals surface area contributed by atoms with Gasteiger partial charge < -0.3 is 20.9 Å². The lowest BCUT2D eigenvalue weighted by molar-refractivity contribution is -0.148. The van der Waals surface area contributed by atoms with Gasteiger partial charge in [0.05, 0.1) is 5.41 Å².